The maximum absolute atomic E-state index is 12.3. The molecule has 1 N–H and O–H groups in total. The third-order valence-electron chi connectivity index (χ3n) is 4.22. The number of fused-ring (bicyclic) bond motifs is 1. The number of hydrazone groups is 1. The highest BCUT2D eigenvalue weighted by Gasteiger charge is 2.25. The summed E-state index contributed by atoms with van der Waals surface area (Å²) < 4.78 is 10.8. The Balaban J connectivity index is 1.68. The summed E-state index contributed by atoms with van der Waals surface area (Å²) in [5.74, 6) is 0.803. The van der Waals surface area contributed by atoms with Gasteiger partial charge in [0.1, 0.15) is 11.3 Å². The van der Waals surface area contributed by atoms with Gasteiger partial charge in [-0.2, -0.15) is 5.10 Å². The van der Waals surface area contributed by atoms with Gasteiger partial charge >= 0.3 is 5.63 Å². The van der Waals surface area contributed by atoms with Gasteiger partial charge in [0.05, 0.1) is 24.4 Å². The molecule has 1 unspecified atom stereocenters. The van der Waals surface area contributed by atoms with Crippen LogP contribution in [-0.2, 0) is 0 Å². The fraction of sp³-hybridized carbons (Fsp3) is 0.158. The van der Waals surface area contributed by atoms with E-state index in [4.69, 9.17) is 9.15 Å². The summed E-state index contributed by atoms with van der Waals surface area (Å²) in [6.45, 7) is 0. The molecule has 2 aromatic carbocycles. The second kappa shape index (κ2) is 5.85. The quantitative estimate of drug-likeness (QED) is 0.753. The highest BCUT2D eigenvalue weighted by molar-refractivity contribution is 6.03. The van der Waals surface area contributed by atoms with E-state index < -0.39 is 0 Å². The lowest BCUT2D eigenvalue weighted by molar-refractivity contribution is 0.402. The van der Waals surface area contributed by atoms with Gasteiger partial charge in [-0.1, -0.05) is 36.4 Å². The van der Waals surface area contributed by atoms with E-state index >= 15 is 0 Å². The van der Waals surface area contributed by atoms with Gasteiger partial charge in [-0.3, -0.25) is 0 Å². The minimum absolute atomic E-state index is 0.0259. The van der Waals surface area contributed by atoms with Crippen LogP contribution in [0, 0.1) is 0 Å². The van der Waals surface area contributed by atoms with Gasteiger partial charge in [0.25, 0.3) is 0 Å². The summed E-state index contributed by atoms with van der Waals surface area (Å²) in [6.07, 6.45) is 0.601. The summed E-state index contributed by atoms with van der Waals surface area (Å²) in [5, 5.41) is 5.24. The zero-order chi connectivity index (χ0) is 16.5. The number of nitrogens with one attached hydrogen (secondary N) is 1. The Morgan fingerprint density at radius 2 is 1.96 bits per heavy atom. The van der Waals surface area contributed by atoms with Crippen molar-refractivity contribution in [2.45, 2.75) is 12.5 Å². The maximum atomic E-state index is 12.3. The molecule has 5 heteroatoms. The average Bonchev–Trinajstić information content (AvgIpc) is 3.10. The van der Waals surface area contributed by atoms with Gasteiger partial charge in [0.15, 0.2) is 0 Å². The smallest absolute Gasteiger partial charge is 0.345 e. The van der Waals surface area contributed by atoms with E-state index in [1.165, 1.54) is 0 Å². The van der Waals surface area contributed by atoms with Crippen molar-refractivity contribution < 1.29 is 9.15 Å². The molecule has 0 saturated carbocycles. The zero-order valence-corrected chi connectivity index (χ0v) is 13.2. The second-order valence-corrected chi connectivity index (χ2v) is 5.67. The fourth-order valence-electron chi connectivity index (χ4n) is 3.01. The van der Waals surface area contributed by atoms with Crippen molar-refractivity contribution in [3.05, 3.63) is 76.1 Å². The number of nitrogens with zero attached hydrogens (tertiary/aromatic N) is 1. The molecule has 1 atom stereocenters. The van der Waals surface area contributed by atoms with Gasteiger partial charge in [0, 0.05) is 17.4 Å². The highest BCUT2D eigenvalue weighted by atomic mass is 16.5. The van der Waals surface area contributed by atoms with Crippen LogP contribution in [-0.4, -0.2) is 12.8 Å². The lowest BCUT2D eigenvalue weighted by Gasteiger charge is -2.14. The first-order valence-electron chi connectivity index (χ1n) is 7.74. The van der Waals surface area contributed by atoms with Gasteiger partial charge in [0.2, 0.25) is 0 Å². The van der Waals surface area contributed by atoms with E-state index in [0.29, 0.717) is 23.3 Å². The largest absolute Gasteiger partial charge is 0.496 e. The highest BCUT2D eigenvalue weighted by Crippen LogP contribution is 2.30. The number of hydrogen-bond acceptors (Lipinski definition) is 5. The fourth-order valence-corrected chi connectivity index (χ4v) is 3.01. The van der Waals surface area contributed by atoms with Crippen LogP contribution in [0.1, 0.15) is 23.6 Å². The third-order valence-corrected chi connectivity index (χ3v) is 4.22. The van der Waals surface area contributed by atoms with E-state index in [0.717, 1.165) is 16.7 Å². The van der Waals surface area contributed by atoms with Crippen LogP contribution in [0.3, 0.4) is 0 Å². The van der Waals surface area contributed by atoms with Crippen molar-refractivity contribution in [2.75, 3.05) is 7.11 Å². The van der Waals surface area contributed by atoms with Crippen molar-refractivity contribution >= 4 is 16.7 Å². The Morgan fingerprint density at radius 1 is 1.17 bits per heavy atom. The van der Waals surface area contributed by atoms with Crippen LogP contribution < -0.4 is 15.8 Å². The zero-order valence-electron chi connectivity index (χ0n) is 13.2. The van der Waals surface area contributed by atoms with Gasteiger partial charge < -0.3 is 14.6 Å². The van der Waals surface area contributed by atoms with Gasteiger partial charge in [-0.15, -0.1) is 0 Å². The van der Waals surface area contributed by atoms with Crippen LogP contribution in [0.25, 0.3) is 11.0 Å². The molecular formula is C19H16N2O3. The van der Waals surface area contributed by atoms with Crippen molar-refractivity contribution in [1.29, 1.82) is 0 Å². The number of ether oxygens (including phenoxy) is 1. The van der Waals surface area contributed by atoms with E-state index in [2.05, 4.69) is 10.5 Å². The number of benzene rings is 2. The molecule has 0 spiro atoms. The molecule has 24 heavy (non-hydrogen) atoms. The predicted octanol–water partition coefficient (Wildman–Crippen LogP) is 3.24. The average molecular weight is 320 g/mol. The molecule has 120 valence electrons. The Bertz CT molecular complexity index is 991. The van der Waals surface area contributed by atoms with Crippen molar-refractivity contribution in [3.63, 3.8) is 0 Å². The molecule has 0 amide bonds. The Kier molecular flexibility index (Phi) is 3.54. The minimum atomic E-state index is -0.366. The summed E-state index contributed by atoms with van der Waals surface area (Å²) in [7, 11) is 1.65. The predicted molar refractivity (Wildman–Crippen MR) is 92.5 cm³/mol. The number of para-hydroxylation sites is 2. The van der Waals surface area contributed by atoms with Crippen LogP contribution in [0.4, 0.5) is 0 Å². The van der Waals surface area contributed by atoms with Crippen LogP contribution in [0.15, 0.2) is 68.9 Å². The molecule has 5 nitrogen and oxygen atoms in total. The lowest BCUT2D eigenvalue weighted by atomic mass is 9.99. The second-order valence-electron chi connectivity index (χ2n) is 5.67. The molecule has 1 aliphatic rings. The SMILES string of the molecule is COc1ccccc1C1CC(c2cc3ccccc3oc2=O)=NN1. The van der Waals surface area contributed by atoms with Crippen LogP contribution in [0.2, 0.25) is 0 Å². The summed E-state index contributed by atoms with van der Waals surface area (Å²) in [6, 6.07) is 17.1. The molecule has 0 aliphatic carbocycles. The van der Waals surface area contributed by atoms with Crippen molar-refractivity contribution in [3.8, 4) is 5.75 Å². The van der Waals surface area contributed by atoms with Crippen molar-refractivity contribution in [2.24, 2.45) is 5.10 Å². The standard InChI is InChI=1S/C19H16N2O3/c1-23-18-9-5-3-7-13(18)15-11-16(21-20-15)14-10-12-6-2-4-8-17(12)24-19(14)22/h2-10,15,20H,11H2,1H3. The van der Waals surface area contributed by atoms with Crippen molar-refractivity contribution in [1.82, 2.24) is 5.43 Å². The van der Waals surface area contributed by atoms with Gasteiger partial charge in [-0.05, 0) is 18.2 Å². The van der Waals surface area contributed by atoms with E-state index in [9.17, 15) is 4.79 Å². The summed E-state index contributed by atoms with van der Waals surface area (Å²) in [5.41, 5.74) is 5.53. The van der Waals surface area contributed by atoms with Crippen LogP contribution in [0.5, 0.6) is 5.75 Å². The first-order chi connectivity index (χ1) is 11.8. The number of methoxy groups -OCH3 is 1. The molecule has 1 aromatic heterocycles. The summed E-state index contributed by atoms with van der Waals surface area (Å²) in [4.78, 5) is 12.3. The molecule has 4 rings (SSSR count). The number of hydrogen-bond donors (Lipinski definition) is 1. The van der Waals surface area contributed by atoms with Gasteiger partial charge in [-0.25, -0.2) is 4.79 Å². The minimum Gasteiger partial charge on any atom is -0.496 e. The maximum Gasteiger partial charge on any atom is 0.345 e. The van der Waals surface area contributed by atoms with E-state index in [1.54, 1.807) is 13.2 Å². The third kappa shape index (κ3) is 2.44. The van der Waals surface area contributed by atoms with Crippen LogP contribution >= 0.6 is 0 Å². The molecule has 1 aliphatic heterocycles. The lowest BCUT2D eigenvalue weighted by Crippen LogP contribution is -2.14. The molecule has 3 aromatic rings. The Morgan fingerprint density at radius 3 is 2.83 bits per heavy atom. The molecule has 0 bridgehead atoms. The Labute approximate surface area is 138 Å². The number of rotatable bonds is 3. The topological polar surface area (TPSA) is 63.8 Å². The molecule has 2 heterocycles. The molecule has 0 saturated heterocycles. The monoisotopic (exact) mass is 320 g/mol. The normalized spacial score (nSPS) is 16.7. The summed E-state index contributed by atoms with van der Waals surface area (Å²) >= 11 is 0. The first-order valence-corrected chi connectivity index (χ1v) is 7.74. The molecule has 0 radical (unpaired) electrons. The molecular weight excluding hydrogens is 304 g/mol. The molecule has 0 fully saturated rings. The Hall–Kier alpha value is -3.08. The first kappa shape index (κ1) is 14.5. The van der Waals surface area contributed by atoms with E-state index in [-0.39, 0.29) is 11.7 Å². The van der Waals surface area contributed by atoms with E-state index in [1.807, 2.05) is 48.5 Å².